The molecule has 12 atom stereocenters. The lowest BCUT2D eigenvalue weighted by molar-refractivity contribution is -0.163. The van der Waals surface area contributed by atoms with Gasteiger partial charge >= 0.3 is 11.9 Å². The minimum Gasteiger partial charge on any atom is -0.458 e. The van der Waals surface area contributed by atoms with E-state index in [1.54, 1.807) is 62.3 Å². The summed E-state index contributed by atoms with van der Waals surface area (Å²) in [6.07, 6.45) is -0.654. The number of fused-ring (bicyclic) bond motifs is 5. The molecule has 4 aromatic carbocycles. The quantitative estimate of drug-likeness (QED) is 0.0380. The van der Waals surface area contributed by atoms with Crippen molar-refractivity contribution in [1.82, 2.24) is 45.9 Å². The molecule has 0 radical (unpaired) electrons. The van der Waals surface area contributed by atoms with Crippen molar-refractivity contribution in [3.8, 4) is 17.2 Å². The summed E-state index contributed by atoms with van der Waals surface area (Å²) < 4.78 is 24.2. The zero-order valence-corrected chi connectivity index (χ0v) is 67.8. The molecule has 8 amide bonds. The molecular weight excluding hydrogens is 1460 g/mol. The van der Waals surface area contributed by atoms with Crippen LogP contribution in [0.5, 0.6) is 5.75 Å². The zero-order chi connectivity index (χ0) is 82.5. The number of thiocarbonyl (C=S) groups is 1. The number of ether oxygens (including phenoxy) is 3. The third-order valence-corrected chi connectivity index (χ3v) is 22.3. The maximum atomic E-state index is 15.2. The van der Waals surface area contributed by atoms with Gasteiger partial charge in [-0.1, -0.05) is 117 Å². The second-order valence-corrected chi connectivity index (χ2v) is 31.9. The molecule has 0 bridgehead atoms. The number of hydrogen-bond acceptors (Lipinski definition) is 20. The van der Waals surface area contributed by atoms with Gasteiger partial charge in [-0.2, -0.15) is 0 Å². The lowest BCUT2D eigenvalue weighted by atomic mass is 9.83. The van der Waals surface area contributed by atoms with E-state index in [0.717, 1.165) is 26.6 Å². The Morgan fingerprint density at radius 3 is 1.57 bits per heavy atom. The zero-order valence-electron chi connectivity index (χ0n) is 67.0. The summed E-state index contributed by atoms with van der Waals surface area (Å²) in [5, 5.41) is 13.6. The predicted octanol–water partition coefficient (Wildman–Crippen LogP) is 7.66. The first kappa shape index (κ1) is 85.3. The van der Waals surface area contributed by atoms with Crippen LogP contribution in [0, 0.1) is 68.1 Å². The van der Waals surface area contributed by atoms with Crippen molar-refractivity contribution in [1.29, 1.82) is 0 Å². The third kappa shape index (κ3) is 18.4. The Hall–Kier alpha value is -10.7. The van der Waals surface area contributed by atoms with Gasteiger partial charge in [0, 0.05) is 70.2 Å². The Kier molecular flexibility index (Phi) is 27.2. The molecule has 3 aliphatic carbocycles. The van der Waals surface area contributed by atoms with E-state index in [-0.39, 0.29) is 33.7 Å². The molecule has 29 heteroatoms. The van der Waals surface area contributed by atoms with Gasteiger partial charge < -0.3 is 70.1 Å². The third-order valence-electron chi connectivity index (χ3n) is 21.9. The van der Waals surface area contributed by atoms with E-state index in [1.165, 1.54) is 81.8 Å². The number of rotatable bonds is 10. The Morgan fingerprint density at radius 2 is 1.09 bits per heavy atom. The highest BCUT2D eigenvalue weighted by molar-refractivity contribution is 7.80. The molecule has 6 aliphatic rings. The number of ketones is 2. The average molecular weight is 1560 g/mol. The second-order valence-electron chi connectivity index (χ2n) is 31.5. The van der Waals surface area contributed by atoms with Crippen molar-refractivity contribution in [3.63, 3.8) is 0 Å². The van der Waals surface area contributed by atoms with Gasteiger partial charge in [-0.3, -0.25) is 52.7 Å². The van der Waals surface area contributed by atoms with Crippen LogP contribution in [0.2, 0.25) is 0 Å². The molecule has 2 saturated carbocycles. The van der Waals surface area contributed by atoms with Gasteiger partial charge in [0.15, 0.2) is 22.9 Å². The Bertz CT molecular complexity index is 4710. The predicted molar refractivity (Wildman–Crippen MR) is 424 cm³/mol. The lowest BCUT2D eigenvalue weighted by Gasteiger charge is -2.35. The van der Waals surface area contributed by atoms with Crippen LogP contribution in [-0.4, -0.2) is 197 Å². The molecule has 10 rings (SSSR count). The maximum absolute atomic E-state index is 15.2. The first-order valence-corrected chi connectivity index (χ1v) is 38.5. The summed E-state index contributed by atoms with van der Waals surface area (Å²) in [6.45, 7) is 20.3. The van der Waals surface area contributed by atoms with Gasteiger partial charge in [0.1, 0.15) is 53.3 Å². The number of cyclic esters (lactones) is 2. The molecule has 28 nitrogen and oxygen atoms in total. The van der Waals surface area contributed by atoms with Crippen LogP contribution in [0.1, 0.15) is 145 Å². The number of nitrogen functional groups attached to an aromatic ring is 1. The molecule has 4 fully saturated rings. The van der Waals surface area contributed by atoms with Crippen LogP contribution >= 0.6 is 12.2 Å². The monoisotopic (exact) mass is 1560 g/mol. The molecule has 3 aliphatic heterocycles. The Balaban J connectivity index is 0.000000556. The summed E-state index contributed by atoms with van der Waals surface area (Å²) in [5.74, 6) is -14.1. The highest BCUT2D eigenvalue weighted by atomic mass is 32.1. The van der Waals surface area contributed by atoms with E-state index >= 15 is 9.59 Å². The van der Waals surface area contributed by atoms with E-state index in [4.69, 9.17) is 41.6 Å². The molecule has 6 N–H and O–H groups in total. The number of nitrogens with zero attached hydrogens (tertiary/aromatic N) is 6. The Morgan fingerprint density at radius 1 is 0.607 bits per heavy atom. The molecule has 600 valence electrons. The number of esters is 2. The van der Waals surface area contributed by atoms with E-state index in [1.807, 2.05) is 54.4 Å². The van der Waals surface area contributed by atoms with E-state index in [2.05, 4.69) is 52.5 Å². The fourth-order valence-corrected chi connectivity index (χ4v) is 15.7. The van der Waals surface area contributed by atoms with Gasteiger partial charge in [-0.15, -0.1) is 0 Å². The van der Waals surface area contributed by atoms with Crippen molar-refractivity contribution >= 4 is 121 Å². The van der Waals surface area contributed by atoms with Crippen LogP contribution in [0.4, 0.5) is 11.4 Å². The number of anilines is 2. The number of carbonyl (C=O) groups is 12. The van der Waals surface area contributed by atoms with Crippen molar-refractivity contribution in [3.05, 3.63) is 117 Å². The number of benzene rings is 5. The summed E-state index contributed by atoms with van der Waals surface area (Å²) in [7, 11) is 7.58. The first-order chi connectivity index (χ1) is 52.7. The van der Waals surface area contributed by atoms with Crippen molar-refractivity contribution in [2.75, 3.05) is 59.0 Å². The highest BCUT2D eigenvalue weighted by Gasteiger charge is 2.48. The summed E-state index contributed by atoms with van der Waals surface area (Å²) in [6, 6.07) is 16.6. The van der Waals surface area contributed by atoms with Crippen LogP contribution in [0.3, 0.4) is 0 Å². The summed E-state index contributed by atoms with van der Waals surface area (Å²) >= 11 is 5.41. The molecule has 112 heavy (non-hydrogen) atoms. The lowest BCUT2D eigenvalue weighted by Crippen LogP contribution is -2.59. The van der Waals surface area contributed by atoms with Crippen LogP contribution in [-0.2, 0) is 57.4 Å². The molecule has 2 saturated heterocycles. The number of carbonyl (C=O) groups excluding carboxylic acids is 12. The normalized spacial score (nSPS) is 24.4. The average Bonchev–Trinajstić information content (AvgIpc) is 0.871. The second kappa shape index (κ2) is 35.8. The van der Waals surface area contributed by atoms with Crippen LogP contribution in [0.25, 0.3) is 33.3 Å². The SMILES string of the molecule is Cc1c2oc3c(C)ccc(C(=O)NC4C(=O)NC(C(C)C)C(=O)C5CCCC5C(=O)N(C)CC(=O)N(C)C(C(C)C)C(=O)OC4C)c3nc-2c(C(=O)NC2C(=O)NC(C(C)C)C(=O)C3CCCC3C(=O)N(C)CC(=O)N(C)C(C(C)C)C(=O)OC2C)c(N)c1=O.Cc1cccc(N(C)C(=S)Oc2ccc3ccccc3c2)c1. The molecule has 3 heterocycles. The van der Waals surface area contributed by atoms with E-state index in [9.17, 15) is 52.7 Å². The molecule has 12 unspecified atom stereocenters. The number of amides is 8. The minimum atomic E-state index is -1.86. The van der Waals surface area contributed by atoms with Crippen LogP contribution in [0.15, 0.2) is 88.1 Å². The van der Waals surface area contributed by atoms with Gasteiger partial charge in [-0.25, -0.2) is 14.6 Å². The van der Waals surface area contributed by atoms with E-state index < -0.39 is 196 Å². The number of nitrogens with one attached hydrogen (secondary N) is 4. The first-order valence-electron chi connectivity index (χ1n) is 38.1. The Labute approximate surface area is 657 Å². The number of aromatic nitrogens is 1. The maximum Gasteiger partial charge on any atom is 0.329 e. The molecule has 0 aromatic heterocycles. The van der Waals surface area contributed by atoms with Gasteiger partial charge in [0.2, 0.25) is 40.9 Å². The number of likely N-dealkylation sites (N-methyl/N-ethyl adjacent to an activating group) is 4. The summed E-state index contributed by atoms with van der Waals surface area (Å²) in [4.78, 5) is 199. The highest BCUT2D eigenvalue weighted by Crippen LogP contribution is 2.39. The number of aryl methyl sites for hydroxylation is 2. The molecule has 0 spiro atoms. The van der Waals surface area contributed by atoms with Crippen molar-refractivity contribution in [2.45, 2.75) is 177 Å². The number of hydrogen-bond donors (Lipinski definition) is 5. The number of Topliss-reactive ketones (excluding diaryl/α,β-unsaturated/α-hetero) is 2. The molecular formula is C83H105N11O17S. The van der Waals surface area contributed by atoms with E-state index in [0.29, 0.717) is 49.3 Å². The fourth-order valence-electron chi connectivity index (χ4n) is 15.5. The molecule has 4 aromatic rings. The smallest absolute Gasteiger partial charge is 0.329 e. The van der Waals surface area contributed by atoms with Crippen molar-refractivity contribution in [2.24, 2.45) is 47.3 Å². The van der Waals surface area contributed by atoms with Crippen molar-refractivity contribution < 1.29 is 76.2 Å². The standard InChI is InChI=1S/C64H88N10O16.C19H17NOS/c1-27(2)44-53(78)35-19-17-21-37(35)61(84)71(13)25-40(75)73(15)50(29(5)6)63(86)88-33(11)46(59(82)67-44)69-57(80)39-24-23-31(9)55-48(39)66-49-42(43(65)52(77)32(10)56(49)90-55)58(81)70-47-34(12)89-64(87)51(30(7)8)74(16)41(76)26-72(14)62(85)38-22-18-20-36(38)54(79)45(28(3)4)68-60(47)83;1-14-6-5-9-17(12-14)20(2)19(22)21-18-11-10-15-7-3-4-8-16(15)13-18/h23-24,27-30,33-38,44-47,50-51H,17-22,25-26,65H2,1-16H3,(H,67,82)(H,68,83)(H,69,80)(H,70,81);3-13H,1-2H3. The van der Waals surface area contributed by atoms with Crippen LogP contribution < -0.4 is 42.1 Å². The fraction of sp³-hybridized carbons (Fsp3) is 0.506. The largest absolute Gasteiger partial charge is 0.458 e. The van der Waals surface area contributed by atoms with Gasteiger partial charge in [0.05, 0.1) is 42.0 Å². The van der Waals surface area contributed by atoms with Gasteiger partial charge in [-0.05, 0) is 148 Å². The van der Waals surface area contributed by atoms with Gasteiger partial charge in [0.25, 0.3) is 17.0 Å². The topological polar surface area (TPSA) is 366 Å². The minimum absolute atomic E-state index is 0.0668. The summed E-state index contributed by atoms with van der Waals surface area (Å²) in [5.41, 5.74) is 5.88. The number of nitrogens with two attached hydrogens (primary N) is 1.